The van der Waals surface area contributed by atoms with E-state index < -0.39 is 17.8 Å². The number of nitrogens with one attached hydrogen (secondary N) is 3. The van der Waals surface area contributed by atoms with Crippen LogP contribution in [0.1, 0.15) is 25.7 Å². The maximum Gasteiger partial charge on any atom is 0.374 e. The number of amides is 1. The summed E-state index contributed by atoms with van der Waals surface area (Å²) in [7, 11) is 0. The molecule has 1 amide bonds. The normalized spacial score (nSPS) is 22.1. The topological polar surface area (TPSA) is 124 Å². The molecule has 2 aliphatic heterocycles. The number of hydrogen-bond donors (Lipinski definition) is 4. The molecule has 9 nitrogen and oxygen atoms in total. The largest absolute Gasteiger partial charge is 0.475 e. The van der Waals surface area contributed by atoms with Crippen LogP contribution in [0.3, 0.4) is 0 Å². The van der Waals surface area contributed by atoms with E-state index in [9.17, 15) is 19.5 Å². The lowest BCUT2D eigenvalue weighted by atomic mass is 9.86. The molecule has 2 fully saturated rings. The van der Waals surface area contributed by atoms with E-state index in [1.807, 2.05) is 12.1 Å². The molecule has 9 heteroatoms. The number of pyridine rings is 1. The van der Waals surface area contributed by atoms with E-state index >= 15 is 0 Å². The predicted molar refractivity (Wildman–Crippen MR) is 102 cm³/mol. The molecule has 0 spiro atoms. The van der Waals surface area contributed by atoms with E-state index in [4.69, 9.17) is 0 Å². The van der Waals surface area contributed by atoms with Crippen LogP contribution in [0.25, 0.3) is 0 Å². The van der Waals surface area contributed by atoms with E-state index in [0.717, 1.165) is 18.7 Å². The molecule has 0 radical (unpaired) electrons. The molecule has 2 saturated heterocycles. The van der Waals surface area contributed by atoms with E-state index in [2.05, 4.69) is 26.1 Å². The smallest absolute Gasteiger partial charge is 0.374 e. The molecule has 152 valence electrons. The second-order valence-corrected chi connectivity index (χ2v) is 7.33. The molecule has 1 aromatic rings. The maximum absolute atomic E-state index is 12.7. The quantitative estimate of drug-likeness (QED) is 0.499. The molecule has 2 atom stereocenters. The number of aromatic nitrogens is 1. The van der Waals surface area contributed by atoms with Gasteiger partial charge in [-0.3, -0.25) is 25.4 Å². The van der Waals surface area contributed by atoms with Crippen LogP contribution in [0.15, 0.2) is 24.5 Å². The van der Waals surface area contributed by atoms with Crippen molar-refractivity contribution >= 4 is 23.3 Å². The molecule has 0 bridgehead atoms. The number of aliphatic carboxylic acids is 1. The average Bonchev–Trinajstić information content (AvgIpc) is 3.02. The first-order valence-electron chi connectivity index (χ1n) is 9.74. The molecule has 28 heavy (non-hydrogen) atoms. The Labute approximate surface area is 163 Å². The van der Waals surface area contributed by atoms with Gasteiger partial charge in [-0.05, 0) is 43.7 Å². The fourth-order valence-corrected chi connectivity index (χ4v) is 3.89. The fraction of sp³-hybridized carbons (Fsp3) is 0.579. The van der Waals surface area contributed by atoms with Gasteiger partial charge in [0.25, 0.3) is 5.78 Å². The van der Waals surface area contributed by atoms with Crippen molar-refractivity contribution in [2.24, 2.45) is 11.8 Å². The number of hydrazine groups is 1. The van der Waals surface area contributed by atoms with Gasteiger partial charge in [-0.15, -0.1) is 0 Å². The molecular weight excluding hydrogens is 362 g/mol. The van der Waals surface area contributed by atoms with E-state index in [1.54, 1.807) is 12.4 Å². The van der Waals surface area contributed by atoms with Gasteiger partial charge in [-0.1, -0.05) is 0 Å². The van der Waals surface area contributed by atoms with Gasteiger partial charge < -0.3 is 15.3 Å². The third kappa shape index (κ3) is 5.05. The van der Waals surface area contributed by atoms with Gasteiger partial charge in [-0.25, -0.2) is 4.79 Å². The predicted octanol–water partition coefficient (Wildman–Crippen LogP) is -0.0593. The first-order chi connectivity index (χ1) is 13.6. The Balaban J connectivity index is 1.64. The Bertz CT molecular complexity index is 683. The van der Waals surface area contributed by atoms with Gasteiger partial charge in [0.05, 0.1) is 5.92 Å². The highest BCUT2D eigenvalue weighted by molar-refractivity contribution is 6.35. The highest BCUT2D eigenvalue weighted by atomic mass is 16.4. The molecule has 4 N–H and O–H groups in total. The van der Waals surface area contributed by atoms with Crippen molar-refractivity contribution in [3.05, 3.63) is 24.5 Å². The minimum Gasteiger partial charge on any atom is -0.475 e. The standard InChI is InChI=1S/C19H27N5O4/c25-17(19(27)28)16(23-18(26)14-2-1-7-21-22-12-14)13-5-10-24(11-6-13)15-3-8-20-9-4-15/h3-4,8-9,13-14,16,21-22H,1-2,5-7,10-12H2,(H,23,26)(H,27,28). The summed E-state index contributed by atoms with van der Waals surface area (Å²) in [6.07, 6.45) is 6.27. The van der Waals surface area contributed by atoms with E-state index in [-0.39, 0.29) is 17.7 Å². The van der Waals surface area contributed by atoms with E-state index in [1.165, 1.54) is 0 Å². The molecule has 3 rings (SSSR count). The molecule has 2 aliphatic rings. The average molecular weight is 389 g/mol. The number of nitrogens with zero attached hydrogens (tertiary/aromatic N) is 2. The maximum atomic E-state index is 12.7. The second-order valence-electron chi connectivity index (χ2n) is 7.33. The lowest BCUT2D eigenvalue weighted by Gasteiger charge is -2.36. The van der Waals surface area contributed by atoms with Crippen molar-refractivity contribution in [1.82, 2.24) is 21.2 Å². The van der Waals surface area contributed by atoms with E-state index in [0.29, 0.717) is 38.9 Å². The molecule has 0 saturated carbocycles. The Hall–Kier alpha value is -2.52. The monoisotopic (exact) mass is 389 g/mol. The first kappa shape index (κ1) is 20.2. The molecule has 2 unspecified atom stereocenters. The zero-order valence-electron chi connectivity index (χ0n) is 15.8. The van der Waals surface area contributed by atoms with Crippen LogP contribution in [0, 0.1) is 11.8 Å². The summed E-state index contributed by atoms with van der Waals surface area (Å²) >= 11 is 0. The lowest BCUT2D eigenvalue weighted by molar-refractivity contribution is -0.151. The number of ketones is 1. The SMILES string of the molecule is O=C(O)C(=O)C(NC(=O)C1CCCNNC1)C1CCN(c2ccncc2)CC1. The van der Waals surface area contributed by atoms with Crippen LogP contribution in [0.2, 0.25) is 0 Å². The van der Waals surface area contributed by atoms with Crippen LogP contribution in [0.4, 0.5) is 5.69 Å². The number of carboxylic acids is 1. The summed E-state index contributed by atoms with van der Waals surface area (Å²) in [5.74, 6) is -3.16. The lowest BCUT2D eigenvalue weighted by Crippen LogP contribution is -2.53. The summed E-state index contributed by atoms with van der Waals surface area (Å²) < 4.78 is 0. The molecule has 1 aromatic heterocycles. The van der Waals surface area contributed by atoms with Gasteiger partial charge >= 0.3 is 5.97 Å². The Morgan fingerprint density at radius 2 is 1.86 bits per heavy atom. The third-order valence-electron chi connectivity index (χ3n) is 5.53. The van der Waals surface area contributed by atoms with Gasteiger partial charge in [-0.2, -0.15) is 0 Å². The van der Waals surface area contributed by atoms with Gasteiger partial charge in [0.1, 0.15) is 6.04 Å². The van der Waals surface area contributed by atoms with Gasteiger partial charge in [0.2, 0.25) is 5.91 Å². The summed E-state index contributed by atoms with van der Waals surface area (Å²) in [6.45, 7) is 2.63. The van der Waals surface area contributed by atoms with Gasteiger partial charge in [0.15, 0.2) is 0 Å². The molecule has 0 aromatic carbocycles. The Morgan fingerprint density at radius 3 is 2.54 bits per heavy atom. The van der Waals surface area contributed by atoms with Crippen LogP contribution < -0.4 is 21.1 Å². The zero-order valence-corrected chi connectivity index (χ0v) is 15.8. The van der Waals surface area contributed by atoms with Crippen molar-refractivity contribution in [1.29, 1.82) is 0 Å². The molecular formula is C19H27N5O4. The Morgan fingerprint density at radius 1 is 1.14 bits per heavy atom. The summed E-state index contributed by atoms with van der Waals surface area (Å²) in [4.78, 5) is 42.5. The van der Waals surface area contributed by atoms with Crippen molar-refractivity contribution in [2.75, 3.05) is 31.1 Å². The molecule has 3 heterocycles. The summed E-state index contributed by atoms with van der Waals surface area (Å²) in [5.41, 5.74) is 7.04. The zero-order chi connectivity index (χ0) is 19.9. The van der Waals surface area contributed by atoms with Crippen molar-refractivity contribution in [3.8, 4) is 0 Å². The number of Topliss-reactive ketones (excluding diaryl/α,β-unsaturated/α-hetero) is 1. The number of carboxylic acid groups (broad SMARTS) is 1. The Kier molecular flexibility index (Phi) is 6.94. The van der Waals surface area contributed by atoms with Crippen LogP contribution in [0.5, 0.6) is 0 Å². The van der Waals surface area contributed by atoms with Crippen LogP contribution in [-0.4, -0.2) is 60.0 Å². The highest BCUT2D eigenvalue weighted by Gasteiger charge is 2.37. The molecule has 0 aliphatic carbocycles. The number of carbonyl (C=O) groups excluding carboxylic acids is 2. The fourth-order valence-electron chi connectivity index (χ4n) is 3.89. The highest BCUT2D eigenvalue weighted by Crippen LogP contribution is 2.26. The first-order valence-corrected chi connectivity index (χ1v) is 9.74. The number of rotatable bonds is 6. The summed E-state index contributed by atoms with van der Waals surface area (Å²) in [6, 6.07) is 2.87. The minimum absolute atomic E-state index is 0.192. The van der Waals surface area contributed by atoms with Crippen LogP contribution >= 0.6 is 0 Å². The number of anilines is 1. The van der Waals surface area contributed by atoms with Gasteiger partial charge in [0, 0.05) is 44.3 Å². The number of hydrogen-bond acceptors (Lipinski definition) is 7. The second kappa shape index (κ2) is 9.61. The summed E-state index contributed by atoms with van der Waals surface area (Å²) in [5, 5.41) is 12.0. The van der Waals surface area contributed by atoms with Crippen LogP contribution in [-0.2, 0) is 14.4 Å². The third-order valence-corrected chi connectivity index (χ3v) is 5.53. The van der Waals surface area contributed by atoms with Crippen molar-refractivity contribution in [2.45, 2.75) is 31.7 Å². The minimum atomic E-state index is -1.50. The van der Waals surface area contributed by atoms with Crippen molar-refractivity contribution in [3.63, 3.8) is 0 Å². The van der Waals surface area contributed by atoms with Crippen molar-refractivity contribution < 1.29 is 19.5 Å². The number of piperidine rings is 1. The number of carbonyl (C=O) groups is 3.